The Morgan fingerprint density at radius 2 is 1.86 bits per heavy atom. The normalized spacial score (nSPS) is 9.90. The molecule has 7 heteroatoms. The number of benzene rings is 2. The highest BCUT2D eigenvalue weighted by Crippen LogP contribution is 2.30. The Hall–Kier alpha value is -3.09. The second kappa shape index (κ2) is 6.38. The van der Waals surface area contributed by atoms with Crippen molar-refractivity contribution in [1.82, 2.24) is 5.32 Å². The third-order valence-electron chi connectivity index (χ3n) is 2.66. The number of nitrogens with zero attached hydrogens (tertiary/aromatic N) is 1. The minimum atomic E-state index is -1.10. The van der Waals surface area contributed by atoms with Crippen LogP contribution in [0.1, 0.15) is 5.56 Å². The summed E-state index contributed by atoms with van der Waals surface area (Å²) in [6, 6.07) is 12.7. The molecule has 0 radical (unpaired) electrons. The molecule has 2 aromatic rings. The van der Waals surface area contributed by atoms with E-state index in [2.05, 4.69) is 5.32 Å². The molecule has 2 aromatic carbocycles. The lowest BCUT2D eigenvalue weighted by molar-refractivity contribution is -0.385. The van der Waals surface area contributed by atoms with Crippen LogP contribution in [0.5, 0.6) is 11.5 Å². The monoisotopic (exact) mass is 288 g/mol. The average molecular weight is 288 g/mol. The first-order chi connectivity index (χ1) is 10.1. The molecule has 0 heterocycles. The van der Waals surface area contributed by atoms with Gasteiger partial charge in [-0.1, -0.05) is 24.3 Å². The van der Waals surface area contributed by atoms with E-state index in [0.29, 0.717) is 5.75 Å². The van der Waals surface area contributed by atoms with Gasteiger partial charge in [0.25, 0.3) is 0 Å². The fourth-order valence-electron chi connectivity index (χ4n) is 1.67. The number of carboxylic acid groups (broad SMARTS) is 1. The van der Waals surface area contributed by atoms with Gasteiger partial charge in [-0.05, 0) is 23.8 Å². The summed E-state index contributed by atoms with van der Waals surface area (Å²) in [5.41, 5.74) is 0.640. The molecular formula is C14H12N2O5. The first kappa shape index (κ1) is 14.3. The van der Waals surface area contributed by atoms with Gasteiger partial charge in [0.05, 0.1) is 4.92 Å². The van der Waals surface area contributed by atoms with Gasteiger partial charge in [-0.2, -0.15) is 0 Å². The SMILES string of the molecule is O=C(O)NCc1ccc(Oc2ccccc2[N+](=O)[O-])cc1. The van der Waals surface area contributed by atoms with Crippen molar-refractivity contribution in [3.8, 4) is 11.5 Å². The van der Waals surface area contributed by atoms with Gasteiger partial charge in [0.2, 0.25) is 5.75 Å². The summed E-state index contributed by atoms with van der Waals surface area (Å²) in [6.07, 6.45) is -1.10. The van der Waals surface area contributed by atoms with Crippen molar-refractivity contribution < 1.29 is 19.6 Å². The van der Waals surface area contributed by atoms with E-state index in [4.69, 9.17) is 9.84 Å². The molecule has 2 rings (SSSR count). The third kappa shape index (κ3) is 3.93. The molecule has 0 bridgehead atoms. The summed E-state index contributed by atoms with van der Waals surface area (Å²) in [4.78, 5) is 20.7. The van der Waals surface area contributed by atoms with E-state index in [1.165, 1.54) is 12.1 Å². The van der Waals surface area contributed by atoms with Gasteiger partial charge in [-0.25, -0.2) is 4.79 Å². The predicted octanol–water partition coefficient (Wildman–Crippen LogP) is 3.15. The summed E-state index contributed by atoms with van der Waals surface area (Å²) >= 11 is 0. The molecule has 2 N–H and O–H groups in total. The van der Waals surface area contributed by atoms with E-state index in [-0.39, 0.29) is 18.0 Å². The van der Waals surface area contributed by atoms with Crippen molar-refractivity contribution in [1.29, 1.82) is 0 Å². The molecule has 0 unspecified atom stereocenters. The van der Waals surface area contributed by atoms with Crippen molar-refractivity contribution in [2.45, 2.75) is 6.54 Å². The molecule has 0 aromatic heterocycles. The van der Waals surface area contributed by atoms with Crippen molar-refractivity contribution in [3.05, 3.63) is 64.2 Å². The van der Waals surface area contributed by atoms with Gasteiger partial charge in [-0.15, -0.1) is 0 Å². The molecule has 108 valence electrons. The van der Waals surface area contributed by atoms with E-state index in [0.717, 1.165) is 5.56 Å². The van der Waals surface area contributed by atoms with E-state index in [1.54, 1.807) is 36.4 Å². The zero-order valence-electron chi connectivity index (χ0n) is 10.9. The zero-order chi connectivity index (χ0) is 15.2. The predicted molar refractivity (Wildman–Crippen MR) is 74.5 cm³/mol. The average Bonchev–Trinajstić information content (AvgIpc) is 2.47. The van der Waals surface area contributed by atoms with Crippen molar-refractivity contribution in [3.63, 3.8) is 0 Å². The fraction of sp³-hybridized carbons (Fsp3) is 0.0714. The molecule has 0 atom stereocenters. The van der Waals surface area contributed by atoms with E-state index in [9.17, 15) is 14.9 Å². The summed E-state index contributed by atoms with van der Waals surface area (Å²) < 4.78 is 5.47. The number of rotatable bonds is 5. The zero-order valence-corrected chi connectivity index (χ0v) is 10.9. The van der Waals surface area contributed by atoms with Gasteiger partial charge in [0, 0.05) is 12.6 Å². The van der Waals surface area contributed by atoms with Crippen molar-refractivity contribution >= 4 is 11.8 Å². The molecule has 0 fully saturated rings. The number of para-hydroxylation sites is 2. The minimum Gasteiger partial charge on any atom is -0.465 e. The van der Waals surface area contributed by atoms with Gasteiger partial charge < -0.3 is 15.2 Å². The first-order valence-corrected chi connectivity index (χ1v) is 6.03. The Morgan fingerprint density at radius 1 is 1.19 bits per heavy atom. The maximum atomic E-state index is 10.9. The number of nitrogens with one attached hydrogen (secondary N) is 1. The number of hydrogen-bond acceptors (Lipinski definition) is 4. The molecule has 7 nitrogen and oxygen atoms in total. The number of ether oxygens (including phenoxy) is 1. The maximum absolute atomic E-state index is 10.9. The highest BCUT2D eigenvalue weighted by molar-refractivity contribution is 5.64. The largest absolute Gasteiger partial charge is 0.465 e. The third-order valence-corrected chi connectivity index (χ3v) is 2.66. The maximum Gasteiger partial charge on any atom is 0.404 e. The number of carbonyl (C=O) groups is 1. The van der Waals surface area contributed by atoms with Crippen LogP contribution in [0.25, 0.3) is 0 Å². The lowest BCUT2D eigenvalue weighted by atomic mass is 10.2. The summed E-state index contributed by atoms with van der Waals surface area (Å²) in [6.45, 7) is 0.182. The van der Waals surface area contributed by atoms with E-state index >= 15 is 0 Å². The fourth-order valence-corrected chi connectivity index (χ4v) is 1.67. The smallest absolute Gasteiger partial charge is 0.404 e. The molecule has 0 aliphatic rings. The molecule has 0 saturated heterocycles. The second-order valence-corrected chi connectivity index (χ2v) is 4.13. The molecular weight excluding hydrogens is 276 g/mol. The highest BCUT2D eigenvalue weighted by Gasteiger charge is 2.14. The molecule has 21 heavy (non-hydrogen) atoms. The summed E-state index contributed by atoms with van der Waals surface area (Å²) in [5.74, 6) is 0.585. The Labute approximate surface area is 119 Å². The van der Waals surface area contributed by atoms with Crippen LogP contribution < -0.4 is 10.1 Å². The van der Waals surface area contributed by atoms with E-state index < -0.39 is 11.0 Å². The molecule has 1 amide bonds. The van der Waals surface area contributed by atoms with Crippen LogP contribution >= 0.6 is 0 Å². The van der Waals surface area contributed by atoms with Crippen molar-refractivity contribution in [2.24, 2.45) is 0 Å². The van der Waals surface area contributed by atoms with Crippen LogP contribution in [0.4, 0.5) is 10.5 Å². The van der Waals surface area contributed by atoms with Crippen LogP contribution in [0.15, 0.2) is 48.5 Å². The van der Waals surface area contributed by atoms with Gasteiger partial charge in [0.1, 0.15) is 5.75 Å². The van der Waals surface area contributed by atoms with Gasteiger partial charge >= 0.3 is 11.8 Å². The topological polar surface area (TPSA) is 102 Å². The number of nitro groups is 1. The first-order valence-electron chi connectivity index (χ1n) is 6.03. The van der Waals surface area contributed by atoms with Crippen LogP contribution in [0, 0.1) is 10.1 Å². The molecule has 0 aliphatic heterocycles. The summed E-state index contributed by atoms with van der Waals surface area (Å²) in [7, 11) is 0. The second-order valence-electron chi connectivity index (χ2n) is 4.13. The lowest BCUT2D eigenvalue weighted by Gasteiger charge is -2.07. The lowest BCUT2D eigenvalue weighted by Crippen LogP contribution is -2.19. The standard InChI is InChI=1S/C14H12N2O5/c17-14(18)15-9-10-5-7-11(8-6-10)21-13-4-2-1-3-12(13)16(19)20/h1-8,15H,9H2,(H,17,18). The Kier molecular flexibility index (Phi) is 4.35. The minimum absolute atomic E-state index is 0.117. The van der Waals surface area contributed by atoms with Gasteiger partial charge in [-0.3, -0.25) is 10.1 Å². The van der Waals surface area contributed by atoms with Crippen LogP contribution in [-0.2, 0) is 6.54 Å². The van der Waals surface area contributed by atoms with Crippen LogP contribution in [0.3, 0.4) is 0 Å². The highest BCUT2D eigenvalue weighted by atomic mass is 16.6. The molecule has 0 spiro atoms. The quantitative estimate of drug-likeness (QED) is 0.650. The van der Waals surface area contributed by atoms with Crippen LogP contribution in [-0.4, -0.2) is 16.1 Å². The van der Waals surface area contributed by atoms with E-state index in [1.807, 2.05) is 0 Å². The molecule has 0 aliphatic carbocycles. The van der Waals surface area contributed by atoms with Gasteiger partial charge in [0.15, 0.2) is 0 Å². The Bertz CT molecular complexity index is 655. The Balaban J connectivity index is 2.10. The number of hydrogen-bond donors (Lipinski definition) is 2. The summed E-state index contributed by atoms with van der Waals surface area (Å²) in [5, 5.41) is 21.6. The van der Waals surface area contributed by atoms with Crippen molar-refractivity contribution in [2.75, 3.05) is 0 Å². The van der Waals surface area contributed by atoms with Crippen LogP contribution in [0.2, 0.25) is 0 Å². The number of amides is 1. The number of nitro benzene ring substituents is 1. The Morgan fingerprint density at radius 3 is 2.48 bits per heavy atom. The molecule has 0 saturated carbocycles.